The second-order valence-corrected chi connectivity index (χ2v) is 6.51. The van der Waals surface area contributed by atoms with Crippen molar-refractivity contribution >= 4 is 21.7 Å². The molecule has 2 aromatic rings. The molecule has 0 bridgehead atoms. The summed E-state index contributed by atoms with van der Waals surface area (Å²) in [5.41, 5.74) is 0.744. The molecule has 0 amide bonds. The lowest BCUT2D eigenvalue weighted by atomic mass is 10.2. The quantitative estimate of drug-likeness (QED) is 0.834. The molecule has 1 aliphatic heterocycles. The van der Waals surface area contributed by atoms with Crippen LogP contribution in [-0.2, 0) is 6.54 Å². The first-order valence-electron chi connectivity index (χ1n) is 7.28. The van der Waals surface area contributed by atoms with Gasteiger partial charge in [0.2, 0.25) is 0 Å². The van der Waals surface area contributed by atoms with Gasteiger partial charge in [-0.05, 0) is 24.6 Å². The third-order valence-corrected chi connectivity index (χ3v) is 4.63. The average Bonchev–Trinajstić information content (AvgIpc) is 2.99. The van der Waals surface area contributed by atoms with E-state index in [4.69, 9.17) is 0 Å². The van der Waals surface area contributed by atoms with Crippen molar-refractivity contribution in [3.63, 3.8) is 0 Å². The number of hydrogen-bond donors (Lipinski definition) is 0. The molecule has 3 rings (SSSR count). The predicted molar refractivity (Wildman–Crippen MR) is 88.2 cm³/mol. The highest BCUT2D eigenvalue weighted by Crippen LogP contribution is 2.22. The molecular weight excluding hydrogens is 347 g/mol. The Balaban J connectivity index is 1.62. The van der Waals surface area contributed by atoms with Crippen molar-refractivity contribution in [1.29, 1.82) is 0 Å². The van der Waals surface area contributed by atoms with Crippen LogP contribution in [0.25, 0.3) is 0 Å². The van der Waals surface area contributed by atoms with E-state index in [-0.39, 0.29) is 5.82 Å². The molecule has 4 nitrogen and oxygen atoms in total. The van der Waals surface area contributed by atoms with E-state index in [0.29, 0.717) is 12.6 Å². The van der Waals surface area contributed by atoms with Crippen molar-refractivity contribution in [3.05, 3.63) is 52.6 Å². The predicted octanol–water partition coefficient (Wildman–Crippen LogP) is 3.09. The summed E-state index contributed by atoms with van der Waals surface area (Å²) in [4.78, 5) is 12.7. The van der Waals surface area contributed by atoms with Gasteiger partial charge in [0.15, 0.2) is 0 Å². The third-order valence-electron chi connectivity index (χ3n) is 4.13. The summed E-state index contributed by atoms with van der Waals surface area (Å²) in [5, 5.41) is 0. The van der Waals surface area contributed by atoms with E-state index >= 15 is 0 Å². The van der Waals surface area contributed by atoms with E-state index in [0.717, 1.165) is 35.4 Å². The largest absolute Gasteiger partial charge is 0.355 e. The van der Waals surface area contributed by atoms with E-state index in [1.165, 1.54) is 6.07 Å². The zero-order valence-corrected chi connectivity index (χ0v) is 14.0. The second-order valence-electron chi connectivity index (χ2n) is 5.59. The first-order valence-corrected chi connectivity index (χ1v) is 8.08. The van der Waals surface area contributed by atoms with Crippen LogP contribution in [0.3, 0.4) is 0 Å². The lowest BCUT2D eigenvalue weighted by Crippen LogP contribution is -2.35. The van der Waals surface area contributed by atoms with Gasteiger partial charge in [0.1, 0.15) is 18.0 Å². The Morgan fingerprint density at radius 2 is 2.27 bits per heavy atom. The fourth-order valence-corrected chi connectivity index (χ4v) is 3.18. The zero-order valence-electron chi connectivity index (χ0n) is 12.4. The molecule has 1 aromatic carbocycles. The fraction of sp³-hybridized carbons (Fsp3) is 0.375. The minimum Gasteiger partial charge on any atom is -0.355 e. The van der Waals surface area contributed by atoms with Gasteiger partial charge in [0, 0.05) is 49.0 Å². The Morgan fingerprint density at radius 1 is 1.41 bits per heavy atom. The molecule has 1 aliphatic rings. The van der Waals surface area contributed by atoms with E-state index in [2.05, 4.69) is 42.7 Å². The molecule has 0 N–H and O–H groups in total. The Bertz CT molecular complexity index is 637. The number of aromatic nitrogens is 2. The van der Waals surface area contributed by atoms with Gasteiger partial charge < -0.3 is 4.90 Å². The third kappa shape index (κ3) is 3.44. The molecule has 0 saturated carbocycles. The van der Waals surface area contributed by atoms with Crippen molar-refractivity contribution in [2.24, 2.45) is 0 Å². The first-order chi connectivity index (χ1) is 10.6. The molecule has 0 spiro atoms. The SMILES string of the molecule is CN(c1ccncn1)C1CCN(Cc2ccc(Br)cc2F)C1. The molecule has 2 heterocycles. The Labute approximate surface area is 138 Å². The monoisotopic (exact) mass is 364 g/mol. The summed E-state index contributed by atoms with van der Waals surface area (Å²) in [6.07, 6.45) is 4.37. The lowest BCUT2D eigenvalue weighted by molar-refractivity contribution is 0.320. The highest BCUT2D eigenvalue weighted by molar-refractivity contribution is 9.10. The van der Waals surface area contributed by atoms with Crippen molar-refractivity contribution in [2.75, 3.05) is 25.0 Å². The van der Waals surface area contributed by atoms with Gasteiger partial charge in [-0.2, -0.15) is 0 Å². The highest BCUT2D eigenvalue weighted by atomic mass is 79.9. The maximum atomic E-state index is 13.9. The van der Waals surface area contributed by atoms with Crippen LogP contribution < -0.4 is 4.90 Å². The molecule has 1 aromatic heterocycles. The number of likely N-dealkylation sites (N-methyl/N-ethyl adjacent to an activating group) is 1. The van der Waals surface area contributed by atoms with Crippen LogP contribution in [0, 0.1) is 5.82 Å². The van der Waals surface area contributed by atoms with Crippen LogP contribution in [0.15, 0.2) is 41.3 Å². The molecule has 1 unspecified atom stereocenters. The van der Waals surface area contributed by atoms with E-state index in [9.17, 15) is 4.39 Å². The van der Waals surface area contributed by atoms with Crippen molar-refractivity contribution < 1.29 is 4.39 Å². The highest BCUT2D eigenvalue weighted by Gasteiger charge is 2.26. The summed E-state index contributed by atoms with van der Waals surface area (Å²) >= 11 is 3.29. The van der Waals surface area contributed by atoms with Gasteiger partial charge in [-0.1, -0.05) is 22.0 Å². The number of nitrogens with zero attached hydrogens (tertiary/aromatic N) is 4. The van der Waals surface area contributed by atoms with Gasteiger partial charge in [-0.15, -0.1) is 0 Å². The summed E-state index contributed by atoms with van der Waals surface area (Å²) < 4.78 is 14.7. The number of halogens is 2. The Hall–Kier alpha value is -1.53. The van der Waals surface area contributed by atoms with Gasteiger partial charge in [-0.25, -0.2) is 14.4 Å². The van der Waals surface area contributed by atoms with Crippen LogP contribution in [0.1, 0.15) is 12.0 Å². The number of benzene rings is 1. The number of anilines is 1. The van der Waals surface area contributed by atoms with Crippen LogP contribution in [0.4, 0.5) is 10.2 Å². The topological polar surface area (TPSA) is 32.3 Å². The van der Waals surface area contributed by atoms with Gasteiger partial charge in [-0.3, -0.25) is 4.90 Å². The molecule has 0 radical (unpaired) electrons. The average molecular weight is 365 g/mol. The molecule has 116 valence electrons. The van der Waals surface area contributed by atoms with Crippen molar-refractivity contribution in [3.8, 4) is 0 Å². The summed E-state index contributed by atoms with van der Waals surface area (Å²) in [7, 11) is 2.05. The number of likely N-dealkylation sites (tertiary alicyclic amines) is 1. The van der Waals surface area contributed by atoms with E-state index in [1.807, 2.05) is 18.2 Å². The maximum absolute atomic E-state index is 13.9. The van der Waals surface area contributed by atoms with E-state index in [1.54, 1.807) is 12.5 Å². The number of hydrogen-bond acceptors (Lipinski definition) is 4. The number of rotatable bonds is 4. The molecule has 0 aliphatic carbocycles. The van der Waals surface area contributed by atoms with Gasteiger partial charge >= 0.3 is 0 Å². The standard InChI is InChI=1S/C16H18BrFN4/c1-21(16-4-6-19-11-20-16)14-5-7-22(10-14)9-12-2-3-13(17)8-15(12)18/h2-4,6,8,11,14H,5,7,9-10H2,1H3. The van der Waals surface area contributed by atoms with Crippen molar-refractivity contribution in [1.82, 2.24) is 14.9 Å². The van der Waals surface area contributed by atoms with Gasteiger partial charge in [0.05, 0.1) is 0 Å². The zero-order chi connectivity index (χ0) is 15.5. The fourth-order valence-electron chi connectivity index (χ4n) is 2.84. The molecule has 22 heavy (non-hydrogen) atoms. The minimum atomic E-state index is -0.151. The van der Waals surface area contributed by atoms with Crippen LogP contribution in [-0.4, -0.2) is 41.0 Å². The van der Waals surface area contributed by atoms with Crippen molar-refractivity contribution in [2.45, 2.75) is 19.0 Å². The summed E-state index contributed by atoms with van der Waals surface area (Å²) in [6, 6.07) is 7.57. The molecular formula is C16H18BrFN4. The minimum absolute atomic E-state index is 0.151. The normalized spacial score (nSPS) is 18.6. The van der Waals surface area contributed by atoms with Crippen LogP contribution >= 0.6 is 15.9 Å². The Kier molecular flexibility index (Phi) is 4.69. The van der Waals surface area contributed by atoms with Crippen LogP contribution in [0.5, 0.6) is 0 Å². The summed E-state index contributed by atoms with van der Waals surface area (Å²) in [6.45, 7) is 2.53. The van der Waals surface area contributed by atoms with Crippen LogP contribution in [0.2, 0.25) is 0 Å². The Morgan fingerprint density at radius 3 is 3.00 bits per heavy atom. The molecule has 1 atom stereocenters. The smallest absolute Gasteiger partial charge is 0.131 e. The lowest BCUT2D eigenvalue weighted by Gasteiger charge is -2.25. The summed E-state index contributed by atoms with van der Waals surface area (Å²) in [5.74, 6) is 0.777. The van der Waals surface area contributed by atoms with E-state index < -0.39 is 0 Å². The first kappa shape index (κ1) is 15.4. The molecule has 1 saturated heterocycles. The van der Waals surface area contributed by atoms with Gasteiger partial charge in [0.25, 0.3) is 0 Å². The maximum Gasteiger partial charge on any atom is 0.131 e. The second kappa shape index (κ2) is 6.71. The molecule has 1 fully saturated rings. The molecule has 6 heteroatoms.